The molecule has 1 unspecified atom stereocenters. The van der Waals surface area contributed by atoms with Gasteiger partial charge in [0.05, 0.1) is 0 Å². The molecule has 0 aliphatic carbocycles. The molecule has 1 saturated heterocycles. The van der Waals surface area contributed by atoms with Gasteiger partial charge in [0.15, 0.2) is 0 Å². The van der Waals surface area contributed by atoms with Crippen LogP contribution in [0, 0.1) is 5.92 Å². The minimum Gasteiger partial charge on any atom is -0.384 e. The molecule has 1 aromatic heterocycles. The van der Waals surface area contributed by atoms with Gasteiger partial charge in [-0.15, -0.1) is 0 Å². The molecule has 112 valence electrons. The lowest BCUT2D eigenvalue weighted by molar-refractivity contribution is 0.0944. The number of nitrogens with two attached hydrogens (primary N) is 1. The Balaban J connectivity index is 1.92. The Hall–Kier alpha value is -1.33. The van der Waals surface area contributed by atoms with Gasteiger partial charge < -0.3 is 16.0 Å². The number of aromatic nitrogens is 1. The molecule has 1 aliphatic heterocycles. The van der Waals surface area contributed by atoms with E-state index in [1.165, 1.54) is 0 Å². The monoisotopic (exact) mass is 277 g/mol. The summed E-state index contributed by atoms with van der Waals surface area (Å²) in [6.07, 6.45) is 1.75. The second kappa shape index (κ2) is 6.90. The average Bonchev–Trinajstić information content (AvgIpc) is 2.41. The summed E-state index contributed by atoms with van der Waals surface area (Å²) in [6, 6.07) is 4.41. The van der Waals surface area contributed by atoms with Crippen LogP contribution in [0.4, 0.5) is 11.5 Å². The van der Waals surface area contributed by atoms with Gasteiger partial charge in [0.25, 0.3) is 0 Å². The van der Waals surface area contributed by atoms with E-state index in [1.54, 1.807) is 6.20 Å². The third-order valence-electron chi connectivity index (χ3n) is 4.07. The number of pyridine rings is 1. The Morgan fingerprint density at radius 3 is 2.60 bits per heavy atom. The fraction of sp³-hybridized carbons (Fsp3) is 0.667. The van der Waals surface area contributed by atoms with E-state index in [2.05, 4.69) is 41.0 Å². The quantitative estimate of drug-likeness (QED) is 0.851. The average molecular weight is 277 g/mol. The highest BCUT2D eigenvalue weighted by Gasteiger charge is 2.24. The lowest BCUT2D eigenvalue weighted by Gasteiger charge is -2.40. The molecule has 1 aliphatic rings. The van der Waals surface area contributed by atoms with Crippen LogP contribution in [0.1, 0.15) is 13.8 Å². The first kappa shape index (κ1) is 15.1. The van der Waals surface area contributed by atoms with Gasteiger partial charge in [-0.25, -0.2) is 4.98 Å². The van der Waals surface area contributed by atoms with Gasteiger partial charge in [-0.3, -0.25) is 4.90 Å². The maximum absolute atomic E-state index is 5.72. The van der Waals surface area contributed by atoms with E-state index in [4.69, 9.17) is 5.73 Å². The SMILES string of the molecule is CC(C)C(CNc1ccnc(N)c1)N1CCN(C)CC1. The topological polar surface area (TPSA) is 57.4 Å². The molecule has 0 bridgehead atoms. The Kier molecular flexibility index (Phi) is 5.20. The normalized spacial score (nSPS) is 19.2. The van der Waals surface area contributed by atoms with Crippen LogP contribution < -0.4 is 11.1 Å². The molecule has 3 N–H and O–H groups in total. The van der Waals surface area contributed by atoms with Crippen LogP contribution in [-0.4, -0.2) is 60.6 Å². The highest BCUT2D eigenvalue weighted by Crippen LogP contribution is 2.16. The first-order valence-electron chi connectivity index (χ1n) is 7.44. The van der Waals surface area contributed by atoms with E-state index in [-0.39, 0.29) is 0 Å². The number of anilines is 2. The molecule has 0 amide bonds. The molecule has 0 aromatic carbocycles. The van der Waals surface area contributed by atoms with Crippen LogP contribution >= 0.6 is 0 Å². The fourth-order valence-corrected chi connectivity index (χ4v) is 2.72. The van der Waals surface area contributed by atoms with E-state index in [1.807, 2.05) is 12.1 Å². The number of hydrogen-bond acceptors (Lipinski definition) is 5. The Morgan fingerprint density at radius 2 is 2.00 bits per heavy atom. The maximum Gasteiger partial charge on any atom is 0.125 e. The Morgan fingerprint density at radius 1 is 1.30 bits per heavy atom. The predicted molar refractivity (Wildman–Crippen MR) is 84.8 cm³/mol. The summed E-state index contributed by atoms with van der Waals surface area (Å²) in [4.78, 5) is 9.02. The molecular weight excluding hydrogens is 250 g/mol. The van der Waals surface area contributed by atoms with Gasteiger partial charge >= 0.3 is 0 Å². The van der Waals surface area contributed by atoms with Crippen molar-refractivity contribution in [2.75, 3.05) is 50.8 Å². The van der Waals surface area contributed by atoms with Crippen LogP contribution in [0.2, 0.25) is 0 Å². The molecule has 0 saturated carbocycles. The Labute approximate surface area is 122 Å². The summed E-state index contributed by atoms with van der Waals surface area (Å²) in [6.45, 7) is 10.2. The molecule has 20 heavy (non-hydrogen) atoms. The van der Waals surface area contributed by atoms with E-state index in [9.17, 15) is 0 Å². The van der Waals surface area contributed by atoms with Crippen molar-refractivity contribution in [3.05, 3.63) is 18.3 Å². The molecule has 0 radical (unpaired) electrons. The van der Waals surface area contributed by atoms with Crippen molar-refractivity contribution in [2.24, 2.45) is 5.92 Å². The van der Waals surface area contributed by atoms with Gasteiger partial charge in [-0.2, -0.15) is 0 Å². The lowest BCUT2D eigenvalue weighted by atomic mass is 10.0. The van der Waals surface area contributed by atoms with Gasteiger partial charge in [0, 0.05) is 56.7 Å². The van der Waals surface area contributed by atoms with Crippen LogP contribution in [-0.2, 0) is 0 Å². The smallest absolute Gasteiger partial charge is 0.125 e. The van der Waals surface area contributed by atoms with E-state index in [0.29, 0.717) is 17.8 Å². The van der Waals surface area contributed by atoms with Crippen LogP contribution in [0.5, 0.6) is 0 Å². The predicted octanol–water partition coefficient (Wildman–Crippen LogP) is 1.35. The van der Waals surface area contributed by atoms with Gasteiger partial charge in [0.2, 0.25) is 0 Å². The fourth-order valence-electron chi connectivity index (χ4n) is 2.72. The summed E-state index contributed by atoms with van der Waals surface area (Å²) >= 11 is 0. The number of nitrogen functional groups attached to an aromatic ring is 1. The number of piperazine rings is 1. The highest BCUT2D eigenvalue weighted by atomic mass is 15.3. The van der Waals surface area contributed by atoms with E-state index in [0.717, 1.165) is 38.4 Å². The summed E-state index contributed by atoms with van der Waals surface area (Å²) in [7, 11) is 2.19. The van der Waals surface area contributed by atoms with Gasteiger partial charge in [-0.1, -0.05) is 13.8 Å². The minimum atomic E-state index is 0.554. The minimum absolute atomic E-state index is 0.554. The zero-order chi connectivity index (χ0) is 14.5. The van der Waals surface area contributed by atoms with Gasteiger partial charge in [-0.05, 0) is 19.0 Å². The van der Waals surface area contributed by atoms with Crippen molar-refractivity contribution < 1.29 is 0 Å². The van der Waals surface area contributed by atoms with Crippen molar-refractivity contribution in [3.8, 4) is 0 Å². The molecular formula is C15H27N5. The zero-order valence-corrected chi connectivity index (χ0v) is 12.8. The van der Waals surface area contributed by atoms with Crippen molar-refractivity contribution in [3.63, 3.8) is 0 Å². The first-order valence-corrected chi connectivity index (χ1v) is 7.44. The molecule has 2 rings (SSSR count). The summed E-state index contributed by atoms with van der Waals surface area (Å²) in [5, 5.41) is 3.50. The number of nitrogens with one attached hydrogen (secondary N) is 1. The lowest BCUT2D eigenvalue weighted by Crippen LogP contribution is -2.52. The number of nitrogens with zero attached hydrogens (tertiary/aromatic N) is 3. The third-order valence-corrected chi connectivity index (χ3v) is 4.07. The van der Waals surface area contributed by atoms with Crippen molar-refractivity contribution >= 4 is 11.5 Å². The van der Waals surface area contributed by atoms with Gasteiger partial charge in [0.1, 0.15) is 5.82 Å². The molecule has 1 aromatic rings. The largest absolute Gasteiger partial charge is 0.384 e. The second-order valence-electron chi connectivity index (χ2n) is 6.00. The molecule has 1 atom stereocenters. The zero-order valence-electron chi connectivity index (χ0n) is 12.8. The van der Waals surface area contributed by atoms with Crippen molar-refractivity contribution in [2.45, 2.75) is 19.9 Å². The van der Waals surface area contributed by atoms with E-state index >= 15 is 0 Å². The standard InChI is InChI=1S/C15H27N5/c1-12(2)14(20-8-6-19(3)7-9-20)11-18-13-4-5-17-15(16)10-13/h4-5,10,12,14H,6-9,11H2,1-3H3,(H3,16,17,18). The Bertz CT molecular complexity index is 412. The van der Waals surface area contributed by atoms with Crippen molar-refractivity contribution in [1.29, 1.82) is 0 Å². The second-order valence-corrected chi connectivity index (χ2v) is 6.00. The van der Waals surface area contributed by atoms with E-state index < -0.39 is 0 Å². The van der Waals surface area contributed by atoms with Crippen LogP contribution in [0.15, 0.2) is 18.3 Å². The molecule has 0 spiro atoms. The highest BCUT2D eigenvalue weighted by molar-refractivity contribution is 5.49. The van der Waals surface area contributed by atoms with Crippen molar-refractivity contribution in [1.82, 2.24) is 14.8 Å². The summed E-state index contributed by atoms with van der Waals surface area (Å²) < 4.78 is 0. The number of hydrogen-bond donors (Lipinski definition) is 2. The van der Waals surface area contributed by atoms with Crippen LogP contribution in [0.25, 0.3) is 0 Å². The first-order chi connectivity index (χ1) is 9.56. The number of likely N-dealkylation sites (N-methyl/N-ethyl adjacent to an activating group) is 1. The number of rotatable bonds is 5. The summed E-state index contributed by atoms with van der Waals surface area (Å²) in [5.74, 6) is 1.20. The summed E-state index contributed by atoms with van der Waals surface area (Å²) in [5.41, 5.74) is 6.77. The molecule has 1 fully saturated rings. The molecule has 2 heterocycles. The third kappa shape index (κ3) is 4.08. The van der Waals surface area contributed by atoms with Crippen LogP contribution in [0.3, 0.4) is 0 Å². The molecule has 5 nitrogen and oxygen atoms in total. The molecule has 5 heteroatoms. The maximum atomic E-state index is 5.72.